The van der Waals surface area contributed by atoms with Gasteiger partial charge in [0.05, 0.1) is 5.69 Å². The van der Waals surface area contributed by atoms with E-state index in [0.29, 0.717) is 16.0 Å². The topological polar surface area (TPSA) is 36.5 Å². The number of halogens is 2. The van der Waals surface area contributed by atoms with Crippen molar-refractivity contribution in [2.45, 2.75) is 18.4 Å². The van der Waals surface area contributed by atoms with E-state index in [1.807, 2.05) is 18.2 Å². The summed E-state index contributed by atoms with van der Waals surface area (Å²) in [4.78, 5) is 2.44. The first kappa shape index (κ1) is 17.6. The Morgan fingerprint density at radius 3 is 2.67 bits per heavy atom. The molecular formula is C21H23Cl2N3O. The van der Waals surface area contributed by atoms with Crippen molar-refractivity contribution in [1.29, 1.82) is 0 Å². The number of hydrogen-bond donors (Lipinski definition) is 2. The molecule has 2 N–H and O–H groups in total. The first-order valence-electron chi connectivity index (χ1n) is 9.67. The van der Waals surface area contributed by atoms with Crippen LogP contribution in [0.2, 0.25) is 10.0 Å². The first-order valence-corrected chi connectivity index (χ1v) is 10.4. The van der Waals surface area contributed by atoms with Gasteiger partial charge in [-0.3, -0.25) is 0 Å². The average Bonchev–Trinajstić information content (AvgIpc) is 3.07. The summed E-state index contributed by atoms with van der Waals surface area (Å²) in [6.07, 6.45) is 1.33. The number of piperidine rings is 1. The van der Waals surface area contributed by atoms with Crippen molar-refractivity contribution in [3.63, 3.8) is 0 Å². The first-order chi connectivity index (χ1) is 13.2. The van der Waals surface area contributed by atoms with Crippen molar-refractivity contribution in [3.8, 4) is 16.9 Å². The Morgan fingerprint density at radius 2 is 1.85 bits per heavy atom. The van der Waals surface area contributed by atoms with Gasteiger partial charge in [-0.2, -0.15) is 0 Å². The van der Waals surface area contributed by atoms with Crippen LogP contribution in [0.25, 0.3) is 11.1 Å². The Morgan fingerprint density at radius 1 is 1.00 bits per heavy atom. The number of rotatable bonds is 2. The van der Waals surface area contributed by atoms with Gasteiger partial charge in [0.25, 0.3) is 0 Å². The molecule has 4 nitrogen and oxygen atoms in total. The van der Waals surface area contributed by atoms with Gasteiger partial charge in [0, 0.05) is 59.8 Å². The molecule has 2 fully saturated rings. The van der Waals surface area contributed by atoms with Gasteiger partial charge in [0.15, 0.2) is 0 Å². The van der Waals surface area contributed by atoms with Crippen molar-refractivity contribution in [2.75, 3.05) is 44.2 Å². The predicted molar refractivity (Wildman–Crippen MR) is 112 cm³/mol. The molecule has 2 aromatic carbocycles. The number of fused-ring (bicyclic) bond motifs is 3. The van der Waals surface area contributed by atoms with Crippen molar-refractivity contribution in [3.05, 3.63) is 45.9 Å². The summed E-state index contributed by atoms with van der Waals surface area (Å²) in [5.41, 5.74) is 4.67. The summed E-state index contributed by atoms with van der Waals surface area (Å²) in [5, 5.41) is 8.31. The van der Waals surface area contributed by atoms with Gasteiger partial charge in [0.2, 0.25) is 0 Å². The predicted octanol–water partition coefficient (Wildman–Crippen LogP) is 3.91. The lowest BCUT2D eigenvalue weighted by molar-refractivity contribution is 0.172. The van der Waals surface area contributed by atoms with Crippen LogP contribution in [0.3, 0.4) is 0 Å². The van der Waals surface area contributed by atoms with E-state index in [4.69, 9.17) is 27.9 Å². The molecule has 3 heterocycles. The van der Waals surface area contributed by atoms with Gasteiger partial charge in [-0.25, -0.2) is 0 Å². The zero-order valence-electron chi connectivity index (χ0n) is 15.1. The van der Waals surface area contributed by atoms with Crippen LogP contribution in [-0.2, 0) is 0 Å². The Bertz CT molecular complexity index is 867. The second kappa shape index (κ2) is 7.17. The highest BCUT2D eigenvalue weighted by Gasteiger charge is 2.39. The molecule has 5 rings (SSSR count). The summed E-state index contributed by atoms with van der Waals surface area (Å²) in [7, 11) is 0. The normalized spacial score (nSPS) is 24.3. The maximum Gasteiger partial charge on any atom is 0.146 e. The minimum absolute atomic E-state index is 0.277. The van der Waals surface area contributed by atoms with Crippen LogP contribution in [0.4, 0.5) is 5.69 Å². The third kappa shape index (κ3) is 3.19. The molecule has 0 aromatic heterocycles. The SMILES string of the molecule is Clc1ccc(-c2cc3c(c(N4CCNCC4)c2)OC2CCNCC32)c(Cl)c1. The van der Waals surface area contributed by atoms with Crippen molar-refractivity contribution in [1.82, 2.24) is 10.6 Å². The molecule has 27 heavy (non-hydrogen) atoms. The molecule has 0 aliphatic carbocycles. The number of piperazine rings is 1. The van der Waals surface area contributed by atoms with Crippen LogP contribution in [0.1, 0.15) is 17.9 Å². The lowest BCUT2D eigenvalue weighted by Crippen LogP contribution is -2.43. The van der Waals surface area contributed by atoms with E-state index in [0.717, 1.165) is 62.6 Å². The second-order valence-electron chi connectivity index (χ2n) is 7.53. The Kier molecular flexibility index (Phi) is 4.68. The Balaban J connectivity index is 1.64. The lowest BCUT2D eigenvalue weighted by Gasteiger charge is -2.31. The fourth-order valence-electron chi connectivity index (χ4n) is 4.50. The monoisotopic (exact) mass is 403 g/mol. The number of hydrogen-bond acceptors (Lipinski definition) is 4. The van der Waals surface area contributed by atoms with Crippen molar-refractivity contribution < 1.29 is 4.74 Å². The minimum Gasteiger partial charge on any atom is -0.487 e. The smallest absolute Gasteiger partial charge is 0.146 e. The Hall–Kier alpha value is -1.46. The second-order valence-corrected chi connectivity index (χ2v) is 8.37. The molecule has 2 unspecified atom stereocenters. The van der Waals surface area contributed by atoms with E-state index in [9.17, 15) is 0 Å². The lowest BCUT2D eigenvalue weighted by atomic mass is 9.88. The van der Waals surface area contributed by atoms with E-state index in [-0.39, 0.29) is 6.10 Å². The van der Waals surface area contributed by atoms with E-state index in [1.165, 1.54) is 11.3 Å². The number of benzene rings is 2. The molecule has 0 radical (unpaired) electrons. The zero-order valence-corrected chi connectivity index (χ0v) is 16.6. The third-order valence-electron chi connectivity index (χ3n) is 5.89. The van der Waals surface area contributed by atoms with Gasteiger partial charge < -0.3 is 20.3 Å². The van der Waals surface area contributed by atoms with Crippen LogP contribution in [0, 0.1) is 0 Å². The molecule has 0 amide bonds. The van der Waals surface area contributed by atoms with Gasteiger partial charge in [-0.1, -0.05) is 29.3 Å². The quantitative estimate of drug-likeness (QED) is 0.796. The van der Waals surface area contributed by atoms with Gasteiger partial charge >= 0.3 is 0 Å². The fourth-order valence-corrected chi connectivity index (χ4v) is 5.01. The van der Waals surface area contributed by atoms with Crippen LogP contribution in [0.15, 0.2) is 30.3 Å². The molecule has 2 saturated heterocycles. The van der Waals surface area contributed by atoms with E-state index < -0.39 is 0 Å². The fraction of sp³-hybridized carbons (Fsp3) is 0.429. The molecule has 142 valence electrons. The molecule has 3 aliphatic heterocycles. The highest BCUT2D eigenvalue weighted by atomic mass is 35.5. The maximum absolute atomic E-state index is 6.54. The third-order valence-corrected chi connectivity index (χ3v) is 6.43. The van der Waals surface area contributed by atoms with Gasteiger partial charge in [0.1, 0.15) is 11.9 Å². The summed E-state index contributed by atoms with van der Waals surface area (Å²) < 4.78 is 6.48. The molecular weight excluding hydrogens is 381 g/mol. The maximum atomic E-state index is 6.54. The van der Waals surface area contributed by atoms with Crippen molar-refractivity contribution >= 4 is 28.9 Å². The number of ether oxygens (including phenoxy) is 1. The molecule has 0 spiro atoms. The van der Waals surface area contributed by atoms with Crippen LogP contribution >= 0.6 is 23.2 Å². The largest absolute Gasteiger partial charge is 0.487 e. The van der Waals surface area contributed by atoms with Crippen LogP contribution in [0.5, 0.6) is 5.75 Å². The van der Waals surface area contributed by atoms with Crippen LogP contribution < -0.4 is 20.3 Å². The highest BCUT2D eigenvalue weighted by Crippen LogP contribution is 2.49. The van der Waals surface area contributed by atoms with Gasteiger partial charge in [-0.05, 0) is 42.8 Å². The molecule has 0 bridgehead atoms. The molecule has 2 atom stereocenters. The number of nitrogens with one attached hydrogen (secondary N) is 2. The molecule has 2 aromatic rings. The van der Waals surface area contributed by atoms with Gasteiger partial charge in [-0.15, -0.1) is 0 Å². The summed E-state index contributed by atoms with van der Waals surface area (Å²) in [6.45, 7) is 5.96. The zero-order chi connectivity index (χ0) is 18.4. The standard InChI is InChI=1S/C21H23Cl2N3O/c22-14-1-2-15(18(23)11-14)13-9-16-17-12-25-4-3-20(17)27-21(16)19(10-13)26-7-5-24-6-8-26/h1-2,9-11,17,20,24-25H,3-8,12H2. The Labute approximate surface area is 169 Å². The molecule has 3 aliphatic rings. The molecule has 0 saturated carbocycles. The van der Waals surface area contributed by atoms with Crippen LogP contribution in [-0.4, -0.2) is 45.4 Å². The molecule has 6 heteroatoms. The number of nitrogens with zero attached hydrogens (tertiary/aromatic N) is 1. The summed E-state index contributed by atoms with van der Waals surface area (Å²) in [6, 6.07) is 10.2. The van der Waals surface area contributed by atoms with Crippen molar-refractivity contribution in [2.24, 2.45) is 0 Å². The summed E-state index contributed by atoms with van der Waals surface area (Å²) >= 11 is 12.7. The summed E-state index contributed by atoms with van der Waals surface area (Å²) in [5.74, 6) is 1.48. The average molecular weight is 404 g/mol. The van der Waals surface area contributed by atoms with E-state index in [2.05, 4.69) is 27.7 Å². The van der Waals surface area contributed by atoms with E-state index >= 15 is 0 Å². The van der Waals surface area contributed by atoms with E-state index in [1.54, 1.807) is 0 Å². The minimum atomic E-state index is 0.277. The number of anilines is 1. The highest BCUT2D eigenvalue weighted by molar-refractivity contribution is 6.36.